The van der Waals surface area contributed by atoms with Crippen molar-refractivity contribution in [3.8, 4) is 11.5 Å². The van der Waals surface area contributed by atoms with E-state index in [4.69, 9.17) is 33.3 Å². The highest BCUT2D eigenvalue weighted by Crippen LogP contribution is 2.37. The van der Waals surface area contributed by atoms with Crippen molar-refractivity contribution in [1.82, 2.24) is 0 Å². The number of benzene rings is 2. The van der Waals surface area contributed by atoms with E-state index in [1.54, 1.807) is 50.6 Å². The Bertz CT molecular complexity index is 882. The first-order chi connectivity index (χ1) is 12.0. The summed E-state index contributed by atoms with van der Waals surface area (Å²) in [5, 5.41) is 0.551. The van der Waals surface area contributed by atoms with Crippen molar-refractivity contribution < 1.29 is 14.3 Å². The highest BCUT2D eigenvalue weighted by molar-refractivity contribution is 8.27. The molecule has 0 radical (unpaired) electrons. The molecule has 25 heavy (non-hydrogen) atoms. The van der Waals surface area contributed by atoms with E-state index in [0.29, 0.717) is 31.4 Å². The maximum absolute atomic E-state index is 12.8. The second-order valence-electron chi connectivity index (χ2n) is 5.11. The third-order valence-electron chi connectivity index (χ3n) is 3.57. The number of rotatable bonds is 4. The Morgan fingerprint density at radius 3 is 2.56 bits per heavy atom. The van der Waals surface area contributed by atoms with Gasteiger partial charge in [-0.25, -0.2) is 0 Å². The Labute approximate surface area is 160 Å². The molecule has 0 bridgehead atoms. The van der Waals surface area contributed by atoms with Crippen LogP contribution in [0.15, 0.2) is 47.4 Å². The molecular formula is C18H14ClNO3S2. The first-order valence-electron chi connectivity index (χ1n) is 7.29. The molecule has 0 saturated carbocycles. The number of anilines is 1. The zero-order chi connectivity index (χ0) is 18.0. The van der Waals surface area contributed by atoms with Gasteiger partial charge in [0.25, 0.3) is 5.91 Å². The van der Waals surface area contributed by atoms with Gasteiger partial charge in [-0.3, -0.25) is 9.69 Å². The quantitative estimate of drug-likeness (QED) is 0.554. The lowest BCUT2D eigenvalue weighted by atomic mass is 10.2. The van der Waals surface area contributed by atoms with E-state index >= 15 is 0 Å². The second-order valence-corrected chi connectivity index (χ2v) is 7.22. The van der Waals surface area contributed by atoms with E-state index in [2.05, 4.69) is 0 Å². The third kappa shape index (κ3) is 3.66. The van der Waals surface area contributed by atoms with Crippen LogP contribution in [-0.2, 0) is 4.79 Å². The van der Waals surface area contributed by atoms with Gasteiger partial charge in [0.05, 0.1) is 24.8 Å². The number of hydrogen-bond acceptors (Lipinski definition) is 5. The minimum absolute atomic E-state index is 0.174. The fraction of sp³-hybridized carbons (Fsp3) is 0.111. The SMILES string of the molecule is COc1ccc(C=C2SC(=S)N(c3cccc(Cl)c3)C2=O)cc1OC. The fourth-order valence-corrected chi connectivity index (χ4v) is 3.88. The van der Waals surface area contributed by atoms with E-state index in [-0.39, 0.29) is 5.91 Å². The molecule has 1 aliphatic rings. The fourth-order valence-electron chi connectivity index (χ4n) is 2.40. The number of amides is 1. The molecule has 1 heterocycles. The number of carbonyl (C=O) groups is 1. The van der Waals surface area contributed by atoms with Crippen LogP contribution in [0.3, 0.4) is 0 Å². The molecule has 1 fully saturated rings. The molecule has 0 N–H and O–H groups in total. The minimum atomic E-state index is -0.174. The van der Waals surface area contributed by atoms with Crippen LogP contribution in [-0.4, -0.2) is 24.4 Å². The van der Waals surface area contributed by atoms with E-state index in [9.17, 15) is 4.79 Å². The van der Waals surface area contributed by atoms with Crippen LogP contribution in [0.2, 0.25) is 5.02 Å². The average molecular weight is 392 g/mol. The van der Waals surface area contributed by atoms with Crippen molar-refractivity contribution >= 4 is 57.6 Å². The molecule has 0 aromatic heterocycles. The van der Waals surface area contributed by atoms with Crippen molar-refractivity contribution in [3.05, 3.63) is 58.0 Å². The largest absolute Gasteiger partial charge is 0.493 e. The minimum Gasteiger partial charge on any atom is -0.493 e. The molecule has 1 aliphatic heterocycles. The zero-order valence-corrected chi connectivity index (χ0v) is 15.9. The molecule has 3 rings (SSSR count). The van der Waals surface area contributed by atoms with Crippen LogP contribution in [0.5, 0.6) is 11.5 Å². The zero-order valence-electron chi connectivity index (χ0n) is 13.5. The van der Waals surface area contributed by atoms with Crippen LogP contribution in [0.1, 0.15) is 5.56 Å². The maximum atomic E-state index is 12.8. The molecule has 0 atom stereocenters. The van der Waals surface area contributed by atoms with Crippen LogP contribution < -0.4 is 14.4 Å². The van der Waals surface area contributed by atoms with E-state index in [0.717, 1.165) is 5.56 Å². The normalized spacial score (nSPS) is 15.8. The van der Waals surface area contributed by atoms with Crippen LogP contribution in [0, 0.1) is 0 Å². The van der Waals surface area contributed by atoms with Crippen LogP contribution >= 0.6 is 35.6 Å². The lowest BCUT2D eigenvalue weighted by molar-refractivity contribution is -0.113. The summed E-state index contributed by atoms with van der Waals surface area (Å²) in [6, 6.07) is 12.5. The Kier molecular flexibility index (Phi) is 5.32. The number of thiocarbonyl (C=S) groups is 1. The second kappa shape index (κ2) is 7.47. The Hall–Kier alpha value is -2.02. The average Bonchev–Trinajstić information content (AvgIpc) is 2.88. The van der Waals surface area contributed by atoms with E-state index < -0.39 is 0 Å². The Morgan fingerprint density at radius 2 is 1.88 bits per heavy atom. The number of halogens is 1. The molecule has 1 saturated heterocycles. The number of thioether (sulfide) groups is 1. The molecule has 4 nitrogen and oxygen atoms in total. The predicted octanol–water partition coefficient (Wildman–Crippen LogP) is 4.76. The van der Waals surface area contributed by atoms with Gasteiger partial charge >= 0.3 is 0 Å². The number of nitrogens with zero attached hydrogens (tertiary/aromatic N) is 1. The lowest BCUT2D eigenvalue weighted by Gasteiger charge is -2.14. The molecule has 0 unspecified atom stereocenters. The van der Waals surface area contributed by atoms with Gasteiger partial charge in [0, 0.05) is 5.02 Å². The summed E-state index contributed by atoms with van der Waals surface area (Å²) in [6.45, 7) is 0. The lowest BCUT2D eigenvalue weighted by Crippen LogP contribution is -2.27. The van der Waals surface area contributed by atoms with Crippen LogP contribution in [0.4, 0.5) is 5.69 Å². The molecule has 7 heteroatoms. The van der Waals surface area contributed by atoms with E-state index in [1.165, 1.54) is 16.7 Å². The molecule has 0 aliphatic carbocycles. The smallest absolute Gasteiger partial charge is 0.270 e. The monoisotopic (exact) mass is 391 g/mol. The Balaban J connectivity index is 1.93. The number of ether oxygens (including phenoxy) is 2. The third-order valence-corrected chi connectivity index (χ3v) is 5.10. The summed E-state index contributed by atoms with van der Waals surface area (Å²) in [5.74, 6) is 1.06. The first-order valence-corrected chi connectivity index (χ1v) is 8.89. The predicted molar refractivity (Wildman–Crippen MR) is 107 cm³/mol. The van der Waals surface area contributed by atoms with Gasteiger partial charge in [0.15, 0.2) is 15.8 Å². The van der Waals surface area contributed by atoms with E-state index in [1.807, 2.05) is 12.1 Å². The molecule has 128 valence electrons. The highest BCUT2D eigenvalue weighted by Gasteiger charge is 2.33. The van der Waals surface area contributed by atoms with Gasteiger partial charge in [-0.2, -0.15) is 0 Å². The standard InChI is InChI=1S/C18H14ClNO3S2/c1-22-14-7-6-11(8-15(14)23-2)9-16-17(21)20(18(24)25-16)13-5-3-4-12(19)10-13/h3-10H,1-2H3. The molecular weight excluding hydrogens is 378 g/mol. The summed E-state index contributed by atoms with van der Waals surface area (Å²) in [6.07, 6.45) is 1.78. The van der Waals surface area contributed by atoms with Crippen molar-refractivity contribution in [1.29, 1.82) is 0 Å². The van der Waals surface area contributed by atoms with Gasteiger partial charge in [-0.1, -0.05) is 47.7 Å². The maximum Gasteiger partial charge on any atom is 0.270 e. The summed E-state index contributed by atoms with van der Waals surface area (Å²) >= 11 is 12.6. The van der Waals surface area contributed by atoms with Crippen molar-refractivity contribution in [3.63, 3.8) is 0 Å². The topological polar surface area (TPSA) is 38.8 Å². The van der Waals surface area contributed by atoms with Gasteiger partial charge in [-0.15, -0.1) is 0 Å². The molecule has 2 aromatic carbocycles. The number of hydrogen-bond donors (Lipinski definition) is 0. The van der Waals surface area contributed by atoms with Gasteiger partial charge in [0.1, 0.15) is 0 Å². The summed E-state index contributed by atoms with van der Waals surface area (Å²) in [5.41, 5.74) is 1.48. The molecule has 0 spiro atoms. The van der Waals surface area contributed by atoms with Gasteiger partial charge in [0.2, 0.25) is 0 Å². The number of methoxy groups -OCH3 is 2. The number of carbonyl (C=O) groups excluding carboxylic acids is 1. The molecule has 1 amide bonds. The summed E-state index contributed by atoms with van der Waals surface area (Å²) < 4.78 is 11.0. The first kappa shape index (κ1) is 17.8. The van der Waals surface area contributed by atoms with Gasteiger partial charge < -0.3 is 9.47 Å². The van der Waals surface area contributed by atoms with Crippen molar-refractivity contribution in [2.24, 2.45) is 0 Å². The van der Waals surface area contributed by atoms with Gasteiger partial charge in [-0.05, 0) is 42.0 Å². The van der Waals surface area contributed by atoms with Crippen LogP contribution in [0.25, 0.3) is 6.08 Å². The van der Waals surface area contributed by atoms with Crippen molar-refractivity contribution in [2.75, 3.05) is 19.1 Å². The van der Waals surface area contributed by atoms with Crippen molar-refractivity contribution in [2.45, 2.75) is 0 Å². The summed E-state index contributed by atoms with van der Waals surface area (Å²) in [4.78, 5) is 14.8. The Morgan fingerprint density at radius 1 is 1.12 bits per heavy atom. The molecule has 2 aromatic rings. The summed E-state index contributed by atoms with van der Waals surface area (Å²) in [7, 11) is 3.15. The highest BCUT2D eigenvalue weighted by atomic mass is 35.5.